The maximum absolute atomic E-state index is 13.4. The number of carbonyl (C=O) groups is 2. The number of ether oxygens (including phenoxy) is 1. The molecule has 0 radical (unpaired) electrons. The zero-order chi connectivity index (χ0) is 23.0. The molecule has 33 heavy (non-hydrogen) atoms. The van der Waals surface area contributed by atoms with E-state index >= 15 is 0 Å². The number of halogens is 1. The van der Waals surface area contributed by atoms with E-state index in [0.29, 0.717) is 17.3 Å². The lowest BCUT2D eigenvalue weighted by Crippen LogP contribution is -2.53. The van der Waals surface area contributed by atoms with Gasteiger partial charge in [-0.3, -0.25) is 4.79 Å². The SMILES string of the molecule is COC(=O)C1(CC(=O)c2ccc(F)cc2)Nc2ccccc2-c2nc(-c3ccccc3)nn21. The predicted molar refractivity (Wildman–Crippen MR) is 120 cm³/mol. The Morgan fingerprint density at radius 1 is 1.00 bits per heavy atom. The van der Waals surface area contributed by atoms with E-state index in [1.165, 1.54) is 36.1 Å². The molecule has 1 aliphatic heterocycles. The molecular formula is C25H19FN4O3. The number of fused-ring (bicyclic) bond motifs is 3. The van der Waals surface area contributed by atoms with Crippen molar-refractivity contribution >= 4 is 17.4 Å². The standard InChI is InChI=1S/C25H19FN4O3/c1-33-24(32)25(15-21(31)16-11-13-18(26)14-12-16)28-20-10-6-5-9-19(20)23-27-22(29-30(23)25)17-7-3-2-4-8-17/h2-14,28H,15H2,1H3. The molecule has 0 saturated heterocycles. The van der Waals surface area contributed by atoms with Crippen LogP contribution < -0.4 is 5.32 Å². The van der Waals surface area contributed by atoms with Crippen molar-refractivity contribution < 1.29 is 18.7 Å². The molecule has 7 nitrogen and oxygen atoms in total. The van der Waals surface area contributed by atoms with Crippen LogP contribution in [0.3, 0.4) is 0 Å². The lowest BCUT2D eigenvalue weighted by Gasteiger charge is -2.37. The number of aromatic nitrogens is 3. The van der Waals surface area contributed by atoms with Crippen LogP contribution in [0, 0.1) is 5.82 Å². The molecule has 0 aliphatic carbocycles. The maximum Gasteiger partial charge on any atom is 0.355 e. The highest BCUT2D eigenvalue weighted by atomic mass is 19.1. The summed E-state index contributed by atoms with van der Waals surface area (Å²) in [6.07, 6.45) is -0.315. The largest absolute Gasteiger partial charge is 0.466 e. The number of esters is 1. The van der Waals surface area contributed by atoms with Crippen molar-refractivity contribution in [1.29, 1.82) is 0 Å². The molecule has 4 aromatic rings. The first kappa shape index (κ1) is 20.6. The molecule has 0 fully saturated rings. The number of hydrogen-bond donors (Lipinski definition) is 1. The molecule has 164 valence electrons. The van der Waals surface area contributed by atoms with Gasteiger partial charge >= 0.3 is 5.97 Å². The zero-order valence-corrected chi connectivity index (χ0v) is 17.7. The third-order valence-corrected chi connectivity index (χ3v) is 5.62. The summed E-state index contributed by atoms with van der Waals surface area (Å²) in [6, 6.07) is 21.9. The Morgan fingerprint density at radius 3 is 2.42 bits per heavy atom. The van der Waals surface area contributed by atoms with Gasteiger partial charge in [-0.1, -0.05) is 42.5 Å². The summed E-state index contributed by atoms with van der Waals surface area (Å²) in [7, 11) is 1.25. The lowest BCUT2D eigenvalue weighted by molar-refractivity contribution is -0.150. The monoisotopic (exact) mass is 442 g/mol. The molecule has 0 spiro atoms. The van der Waals surface area contributed by atoms with Crippen LogP contribution in [0.4, 0.5) is 10.1 Å². The number of anilines is 1. The van der Waals surface area contributed by atoms with E-state index in [1.807, 2.05) is 48.5 Å². The van der Waals surface area contributed by atoms with Gasteiger partial charge in [-0.15, -0.1) is 5.10 Å². The summed E-state index contributed by atoms with van der Waals surface area (Å²) < 4.78 is 19.9. The van der Waals surface area contributed by atoms with Crippen LogP contribution in [0.5, 0.6) is 0 Å². The molecule has 8 heteroatoms. The summed E-state index contributed by atoms with van der Waals surface area (Å²) in [5.74, 6) is -0.689. The summed E-state index contributed by atoms with van der Waals surface area (Å²) in [6.45, 7) is 0. The fourth-order valence-electron chi connectivity index (χ4n) is 3.99. The molecule has 1 aromatic heterocycles. The second-order valence-electron chi connectivity index (χ2n) is 7.67. The van der Waals surface area contributed by atoms with Crippen LogP contribution in [0.1, 0.15) is 16.8 Å². The Bertz CT molecular complexity index is 1350. The number of rotatable bonds is 5. The summed E-state index contributed by atoms with van der Waals surface area (Å²) in [4.78, 5) is 31.2. The Labute approximate surface area is 188 Å². The Morgan fingerprint density at radius 2 is 1.70 bits per heavy atom. The topological polar surface area (TPSA) is 86.1 Å². The molecule has 1 atom stereocenters. The van der Waals surface area contributed by atoms with E-state index in [-0.39, 0.29) is 17.8 Å². The fraction of sp³-hybridized carbons (Fsp3) is 0.120. The second kappa shape index (κ2) is 7.98. The number of nitrogens with one attached hydrogen (secondary N) is 1. The molecule has 1 N–H and O–H groups in total. The van der Waals surface area contributed by atoms with Gasteiger partial charge in [-0.25, -0.2) is 18.9 Å². The molecule has 2 heterocycles. The van der Waals surface area contributed by atoms with Crippen molar-refractivity contribution in [2.75, 3.05) is 12.4 Å². The minimum absolute atomic E-state index is 0.269. The number of hydrogen-bond acceptors (Lipinski definition) is 6. The second-order valence-corrected chi connectivity index (χ2v) is 7.67. The number of benzene rings is 3. The predicted octanol–water partition coefficient (Wildman–Crippen LogP) is 4.28. The van der Waals surface area contributed by atoms with Gasteiger partial charge in [0.05, 0.1) is 13.5 Å². The minimum Gasteiger partial charge on any atom is -0.466 e. The van der Waals surface area contributed by atoms with Crippen LogP contribution in [0.25, 0.3) is 22.8 Å². The van der Waals surface area contributed by atoms with Gasteiger partial charge < -0.3 is 10.1 Å². The van der Waals surface area contributed by atoms with Crippen LogP contribution in [-0.2, 0) is 15.2 Å². The van der Waals surface area contributed by atoms with Crippen molar-refractivity contribution in [1.82, 2.24) is 14.8 Å². The van der Waals surface area contributed by atoms with Crippen LogP contribution in [0.15, 0.2) is 78.9 Å². The lowest BCUT2D eigenvalue weighted by atomic mass is 9.94. The fourth-order valence-corrected chi connectivity index (χ4v) is 3.99. The van der Waals surface area contributed by atoms with Crippen molar-refractivity contribution in [3.05, 3.63) is 90.2 Å². The quantitative estimate of drug-likeness (QED) is 0.367. The average molecular weight is 442 g/mol. The average Bonchev–Trinajstić information content (AvgIpc) is 3.31. The van der Waals surface area contributed by atoms with Gasteiger partial charge in [0.25, 0.3) is 0 Å². The van der Waals surface area contributed by atoms with Gasteiger partial charge in [-0.05, 0) is 36.4 Å². The van der Waals surface area contributed by atoms with E-state index in [9.17, 15) is 14.0 Å². The Hall–Kier alpha value is -4.33. The van der Waals surface area contributed by atoms with Crippen LogP contribution >= 0.6 is 0 Å². The van der Waals surface area contributed by atoms with E-state index in [1.54, 1.807) is 6.07 Å². The van der Waals surface area contributed by atoms with E-state index in [0.717, 1.165) is 11.1 Å². The van der Waals surface area contributed by atoms with Gasteiger partial charge in [0.2, 0.25) is 5.66 Å². The van der Waals surface area contributed by atoms with Crippen molar-refractivity contribution in [2.45, 2.75) is 12.1 Å². The third-order valence-electron chi connectivity index (χ3n) is 5.62. The number of Topliss-reactive ketones (excluding diaryl/α,β-unsaturated/α-hetero) is 1. The highest BCUT2D eigenvalue weighted by Gasteiger charge is 2.50. The molecule has 0 amide bonds. The molecule has 3 aromatic carbocycles. The van der Waals surface area contributed by atoms with Gasteiger partial charge in [-0.2, -0.15) is 0 Å². The Kier molecular flexibility index (Phi) is 4.97. The molecule has 0 bridgehead atoms. The van der Waals surface area contributed by atoms with Crippen LogP contribution in [-0.4, -0.2) is 33.6 Å². The van der Waals surface area contributed by atoms with Gasteiger partial charge in [0, 0.05) is 22.4 Å². The van der Waals surface area contributed by atoms with Crippen molar-refractivity contribution in [3.63, 3.8) is 0 Å². The van der Waals surface area contributed by atoms with Crippen LogP contribution in [0.2, 0.25) is 0 Å². The maximum atomic E-state index is 13.4. The molecule has 5 rings (SSSR count). The first-order valence-corrected chi connectivity index (χ1v) is 10.3. The van der Waals surface area contributed by atoms with Gasteiger partial charge in [0.15, 0.2) is 17.4 Å². The summed E-state index contributed by atoms with van der Waals surface area (Å²) in [5, 5.41) is 7.82. The molecule has 1 unspecified atom stereocenters. The van der Waals surface area contributed by atoms with E-state index in [2.05, 4.69) is 10.4 Å². The molecule has 0 saturated carbocycles. The smallest absolute Gasteiger partial charge is 0.355 e. The zero-order valence-electron chi connectivity index (χ0n) is 17.7. The van der Waals surface area contributed by atoms with Crippen molar-refractivity contribution in [3.8, 4) is 22.8 Å². The minimum atomic E-state index is -1.68. The number of para-hydroxylation sites is 1. The number of carbonyl (C=O) groups excluding carboxylic acids is 2. The highest BCUT2D eigenvalue weighted by Crippen LogP contribution is 2.41. The molecular weight excluding hydrogens is 423 g/mol. The molecule has 1 aliphatic rings. The third kappa shape index (κ3) is 3.45. The number of ketones is 1. The highest BCUT2D eigenvalue weighted by molar-refractivity contribution is 6.01. The Balaban J connectivity index is 1.69. The summed E-state index contributed by atoms with van der Waals surface area (Å²) in [5.41, 5.74) is 0.713. The van der Waals surface area contributed by atoms with E-state index in [4.69, 9.17) is 9.72 Å². The van der Waals surface area contributed by atoms with Gasteiger partial charge in [0.1, 0.15) is 5.82 Å². The van der Waals surface area contributed by atoms with E-state index < -0.39 is 17.4 Å². The summed E-state index contributed by atoms with van der Waals surface area (Å²) >= 11 is 0. The van der Waals surface area contributed by atoms with Crippen molar-refractivity contribution in [2.24, 2.45) is 0 Å². The first-order chi connectivity index (χ1) is 16.0. The normalized spacial score (nSPS) is 16.3. The number of methoxy groups -OCH3 is 1. The number of nitrogens with zero attached hydrogens (tertiary/aromatic N) is 3. The first-order valence-electron chi connectivity index (χ1n) is 10.3.